The first-order valence-electron chi connectivity index (χ1n) is 4.35. The molecule has 1 rings (SSSR count). The summed E-state index contributed by atoms with van der Waals surface area (Å²) in [4.78, 5) is 0. The van der Waals surface area contributed by atoms with E-state index < -0.39 is 0 Å². The highest BCUT2D eigenvalue weighted by molar-refractivity contribution is 6.09. The van der Waals surface area contributed by atoms with Crippen LogP contribution < -0.4 is 0 Å². The lowest BCUT2D eigenvalue weighted by atomic mass is 9.90. The fraction of sp³-hybridized carbons (Fsp3) is 0.333. The van der Waals surface area contributed by atoms with Crippen molar-refractivity contribution in [2.75, 3.05) is 0 Å². The van der Waals surface area contributed by atoms with E-state index in [0.29, 0.717) is 0 Å². The first kappa shape index (κ1) is 8.45. The minimum absolute atomic E-state index is 1.15. The van der Waals surface area contributed by atoms with E-state index in [1.165, 1.54) is 16.7 Å². The number of rotatable bonds is 2. The van der Waals surface area contributed by atoms with Crippen LogP contribution in [0.4, 0.5) is 0 Å². The minimum Gasteiger partial charge on any atom is -0.0573 e. The molecule has 0 nitrogen and oxygen atoms in total. The third kappa shape index (κ3) is 2.14. The first-order valence-corrected chi connectivity index (χ1v) is 4.35. The summed E-state index contributed by atoms with van der Waals surface area (Å²) in [7, 11) is 4.41. The van der Waals surface area contributed by atoms with E-state index in [1.54, 1.807) is 0 Å². The van der Waals surface area contributed by atoms with Gasteiger partial charge in [0.1, 0.15) is 15.7 Å². The molecule has 0 atom stereocenters. The minimum atomic E-state index is 1.15. The van der Waals surface area contributed by atoms with Gasteiger partial charge in [-0.15, -0.1) is 0 Å². The molecule has 0 aliphatic rings. The smallest absolute Gasteiger partial charge is 0.0573 e. The third-order valence-electron chi connectivity index (χ3n) is 2.01. The van der Waals surface area contributed by atoms with E-state index >= 15 is 0 Å². The van der Waals surface area contributed by atoms with Crippen molar-refractivity contribution in [1.29, 1.82) is 0 Å². The zero-order valence-corrected chi connectivity index (χ0v) is 7.65. The van der Waals surface area contributed by atoms with E-state index in [-0.39, 0.29) is 0 Å². The van der Waals surface area contributed by atoms with Gasteiger partial charge in [-0.2, -0.15) is 0 Å². The van der Waals surface area contributed by atoms with Gasteiger partial charge in [0.25, 0.3) is 0 Å². The number of aryl methyl sites for hydroxylation is 1. The van der Waals surface area contributed by atoms with Crippen molar-refractivity contribution in [1.82, 2.24) is 0 Å². The predicted octanol–water partition coefficient (Wildman–Crippen LogP) is 0.261. The van der Waals surface area contributed by atoms with Gasteiger partial charge in [0.15, 0.2) is 0 Å². The van der Waals surface area contributed by atoms with E-state index in [0.717, 1.165) is 12.6 Å². The quantitative estimate of drug-likeness (QED) is 0.522. The molecule has 0 spiro atoms. The maximum absolute atomic E-state index is 2.30. The Balaban J connectivity index is 3.02. The molecule has 1 aromatic carbocycles. The Bertz CT molecular complexity index is 221. The molecule has 1 aromatic rings. The van der Waals surface area contributed by atoms with Gasteiger partial charge in [-0.1, -0.05) is 47.5 Å². The molecule has 0 radical (unpaired) electrons. The van der Waals surface area contributed by atoms with Crippen LogP contribution in [0.2, 0.25) is 0 Å². The van der Waals surface area contributed by atoms with Crippen LogP contribution in [0.15, 0.2) is 18.2 Å². The maximum Gasteiger partial charge on any atom is 0.107 e. The molecule has 0 amide bonds. The molecule has 0 aliphatic carbocycles. The van der Waals surface area contributed by atoms with Gasteiger partial charge in [0.2, 0.25) is 0 Å². The average molecular weight is 144 g/mol. The summed E-state index contributed by atoms with van der Waals surface area (Å²) < 4.78 is 0. The van der Waals surface area contributed by atoms with Crippen LogP contribution in [-0.2, 0) is 12.6 Å². The molecule has 0 aliphatic heterocycles. The van der Waals surface area contributed by atoms with Crippen molar-refractivity contribution in [3.63, 3.8) is 0 Å². The van der Waals surface area contributed by atoms with Crippen LogP contribution in [0, 0.1) is 6.92 Å². The molecule has 0 saturated heterocycles. The summed E-state index contributed by atoms with van der Waals surface area (Å²) in [5.74, 6) is 0. The van der Waals surface area contributed by atoms with Crippen molar-refractivity contribution in [2.24, 2.45) is 0 Å². The number of benzene rings is 1. The van der Waals surface area contributed by atoms with Crippen molar-refractivity contribution >= 4 is 15.7 Å². The summed E-state index contributed by atoms with van der Waals surface area (Å²) in [6.07, 6.45) is 2.30. The van der Waals surface area contributed by atoms with E-state index in [4.69, 9.17) is 0 Å². The fourth-order valence-electron chi connectivity index (χ4n) is 1.36. The highest BCUT2D eigenvalue weighted by Gasteiger charge is 1.94. The van der Waals surface area contributed by atoms with E-state index in [9.17, 15) is 0 Å². The third-order valence-corrected chi connectivity index (χ3v) is 2.01. The first-order chi connectivity index (χ1) is 5.26. The normalized spacial score (nSPS) is 9.91. The second-order valence-corrected chi connectivity index (χ2v) is 3.03. The van der Waals surface area contributed by atoms with Gasteiger partial charge in [0, 0.05) is 0 Å². The molecule has 0 fully saturated rings. The predicted molar refractivity (Wildman–Crippen MR) is 55.7 cm³/mol. The van der Waals surface area contributed by atoms with Gasteiger partial charge in [-0.05, 0) is 6.92 Å². The van der Waals surface area contributed by atoms with Crippen LogP contribution in [0.5, 0.6) is 0 Å². The standard InChI is InChI=1S/C9H14B2/c1-7-2-8(5-10)4-9(3-7)6-11/h2-4H,5-6,10-11H2,1H3. The topological polar surface area (TPSA) is 0 Å². The van der Waals surface area contributed by atoms with Crippen molar-refractivity contribution in [3.8, 4) is 0 Å². The van der Waals surface area contributed by atoms with E-state index in [2.05, 4.69) is 40.8 Å². The average Bonchev–Trinajstić information content (AvgIpc) is 2.03. The largest absolute Gasteiger partial charge is 0.107 e. The Morgan fingerprint density at radius 2 is 1.45 bits per heavy atom. The number of hydrogen-bond donors (Lipinski definition) is 0. The van der Waals surface area contributed by atoms with Gasteiger partial charge < -0.3 is 0 Å². The molecule has 0 saturated carbocycles. The van der Waals surface area contributed by atoms with Gasteiger partial charge in [-0.3, -0.25) is 0 Å². The second kappa shape index (κ2) is 3.66. The highest BCUT2D eigenvalue weighted by Crippen LogP contribution is 2.09. The van der Waals surface area contributed by atoms with E-state index in [1.807, 2.05) is 0 Å². The fourth-order valence-corrected chi connectivity index (χ4v) is 1.36. The molecule has 0 N–H and O–H groups in total. The summed E-state index contributed by atoms with van der Waals surface area (Å²) in [5.41, 5.74) is 4.31. The Morgan fingerprint density at radius 3 is 1.82 bits per heavy atom. The Morgan fingerprint density at radius 1 is 1.00 bits per heavy atom. The molecule has 0 bridgehead atoms. The van der Waals surface area contributed by atoms with Crippen molar-refractivity contribution in [3.05, 3.63) is 34.9 Å². The SMILES string of the molecule is BCc1cc(C)cc(CB)c1. The van der Waals surface area contributed by atoms with Crippen molar-refractivity contribution < 1.29 is 0 Å². The molecule has 0 aromatic heterocycles. The molecule has 0 heterocycles. The van der Waals surface area contributed by atoms with Gasteiger partial charge in [0.05, 0.1) is 0 Å². The molecular weight excluding hydrogens is 130 g/mol. The summed E-state index contributed by atoms with van der Waals surface area (Å²) in [5, 5.41) is 0. The van der Waals surface area contributed by atoms with Crippen molar-refractivity contribution in [2.45, 2.75) is 19.6 Å². The van der Waals surface area contributed by atoms with Crippen LogP contribution in [0.1, 0.15) is 16.7 Å². The lowest BCUT2D eigenvalue weighted by molar-refractivity contribution is 1.27. The maximum atomic E-state index is 2.30. The van der Waals surface area contributed by atoms with Crippen LogP contribution in [0.3, 0.4) is 0 Å². The monoisotopic (exact) mass is 144 g/mol. The van der Waals surface area contributed by atoms with Gasteiger partial charge >= 0.3 is 0 Å². The molecule has 11 heavy (non-hydrogen) atoms. The molecule has 0 unspecified atom stereocenters. The molecule has 2 heteroatoms. The Hall–Kier alpha value is -0.650. The molecular formula is C9H14B2. The zero-order chi connectivity index (χ0) is 8.27. The Kier molecular flexibility index (Phi) is 2.81. The number of hydrogen-bond acceptors (Lipinski definition) is 0. The van der Waals surface area contributed by atoms with Crippen LogP contribution in [-0.4, -0.2) is 15.7 Å². The van der Waals surface area contributed by atoms with Crippen LogP contribution in [0.25, 0.3) is 0 Å². The Labute approximate surface area is 70.8 Å². The second-order valence-electron chi connectivity index (χ2n) is 3.03. The lowest BCUT2D eigenvalue weighted by Crippen LogP contribution is -1.90. The summed E-state index contributed by atoms with van der Waals surface area (Å²) in [6.45, 7) is 2.16. The summed E-state index contributed by atoms with van der Waals surface area (Å²) >= 11 is 0. The zero-order valence-electron chi connectivity index (χ0n) is 7.65. The highest BCUT2D eigenvalue weighted by atomic mass is 14.0. The van der Waals surface area contributed by atoms with Gasteiger partial charge in [-0.25, -0.2) is 0 Å². The lowest BCUT2D eigenvalue weighted by Gasteiger charge is -2.02. The summed E-state index contributed by atoms with van der Waals surface area (Å²) in [6, 6.07) is 6.82. The molecule has 56 valence electrons. The van der Waals surface area contributed by atoms with Crippen LogP contribution >= 0.6 is 0 Å².